The van der Waals surface area contributed by atoms with Gasteiger partial charge in [0.2, 0.25) is 10.0 Å². The quantitative estimate of drug-likeness (QED) is 0.866. The largest absolute Gasteiger partial charge is 0.266 e. The summed E-state index contributed by atoms with van der Waals surface area (Å²) in [6.07, 6.45) is 1.25. The maximum absolute atomic E-state index is 12.1. The summed E-state index contributed by atoms with van der Waals surface area (Å²) < 4.78 is 25.7. The first-order chi connectivity index (χ1) is 9.38. The Morgan fingerprint density at radius 1 is 1.00 bits per heavy atom. The molecule has 0 amide bonds. The lowest BCUT2D eigenvalue weighted by molar-refractivity contribution is 0.596. The Bertz CT molecular complexity index is 694. The molecule has 0 radical (unpaired) electrons. The maximum atomic E-state index is 12.1. The molecule has 0 saturated carbocycles. The molecule has 3 nitrogen and oxygen atoms in total. The average Bonchev–Trinajstić information content (AvgIpc) is 2.39. The third-order valence-electron chi connectivity index (χ3n) is 3.20. The lowest BCUT2D eigenvalue weighted by atomic mass is 10.1. The number of aryl methyl sites for hydroxylation is 2. The Balaban J connectivity index is 2.46. The van der Waals surface area contributed by atoms with Gasteiger partial charge in [0, 0.05) is 0 Å². The van der Waals surface area contributed by atoms with Gasteiger partial charge in [-0.05, 0) is 36.6 Å². The van der Waals surface area contributed by atoms with E-state index in [4.69, 9.17) is 0 Å². The van der Waals surface area contributed by atoms with Gasteiger partial charge in [-0.25, -0.2) is 8.42 Å². The van der Waals surface area contributed by atoms with E-state index >= 15 is 0 Å². The van der Waals surface area contributed by atoms with Crippen LogP contribution in [-0.4, -0.2) is 14.7 Å². The molecule has 0 aromatic heterocycles. The lowest BCUT2D eigenvalue weighted by Crippen LogP contribution is -2.30. The Morgan fingerprint density at radius 2 is 1.65 bits per heavy atom. The maximum Gasteiger partial charge on any atom is 0.232 e. The zero-order chi connectivity index (χ0) is 14.8. The molecule has 0 aliphatic rings. The SMILES string of the molecule is Cc1ccc(C)c(N(Cc2ccccc2)S(C)(=O)=O)c1. The highest BCUT2D eigenvalue weighted by Gasteiger charge is 2.19. The zero-order valence-corrected chi connectivity index (χ0v) is 12.8. The topological polar surface area (TPSA) is 37.4 Å². The summed E-state index contributed by atoms with van der Waals surface area (Å²) in [6.45, 7) is 4.24. The van der Waals surface area contributed by atoms with Crippen molar-refractivity contribution in [2.45, 2.75) is 20.4 Å². The van der Waals surface area contributed by atoms with Crippen LogP contribution in [0.1, 0.15) is 16.7 Å². The van der Waals surface area contributed by atoms with Crippen LogP contribution >= 0.6 is 0 Å². The standard InChI is InChI=1S/C16H19NO2S/c1-13-9-10-14(2)16(11-13)17(20(3,18)19)12-15-7-5-4-6-8-15/h4-11H,12H2,1-3H3. The van der Waals surface area contributed by atoms with Gasteiger partial charge in [-0.1, -0.05) is 42.5 Å². The summed E-state index contributed by atoms with van der Waals surface area (Å²) in [5, 5.41) is 0. The van der Waals surface area contributed by atoms with Gasteiger partial charge >= 0.3 is 0 Å². The highest BCUT2D eigenvalue weighted by Crippen LogP contribution is 2.25. The third-order valence-corrected chi connectivity index (χ3v) is 4.33. The molecule has 2 rings (SSSR count). The van der Waals surface area contributed by atoms with E-state index in [-0.39, 0.29) is 0 Å². The van der Waals surface area contributed by atoms with E-state index in [2.05, 4.69) is 0 Å². The molecule has 0 atom stereocenters. The minimum atomic E-state index is -3.32. The van der Waals surface area contributed by atoms with Crippen molar-refractivity contribution in [3.8, 4) is 0 Å². The summed E-state index contributed by atoms with van der Waals surface area (Å²) in [7, 11) is -3.32. The van der Waals surface area contributed by atoms with E-state index in [1.807, 2.05) is 62.4 Å². The Morgan fingerprint density at radius 3 is 2.25 bits per heavy atom. The van der Waals surface area contributed by atoms with Crippen molar-refractivity contribution >= 4 is 15.7 Å². The number of hydrogen-bond donors (Lipinski definition) is 0. The second-order valence-corrected chi connectivity index (χ2v) is 6.95. The summed E-state index contributed by atoms with van der Waals surface area (Å²) >= 11 is 0. The van der Waals surface area contributed by atoms with E-state index in [0.29, 0.717) is 6.54 Å². The molecule has 2 aromatic carbocycles. The molecular formula is C16H19NO2S. The van der Waals surface area contributed by atoms with Crippen molar-refractivity contribution in [2.24, 2.45) is 0 Å². The monoisotopic (exact) mass is 289 g/mol. The molecule has 0 unspecified atom stereocenters. The first kappa shape index (κ1) is 14.6. The Hall–Kier alpha value is -1.81. The highest BCUT2D eigenvalue weighted by atomic mass is 32.2. The van der Waals surface area contributed by atoms with Gasteiger partial charge in [-0.15, -0.1) is 0 Å². The van der Waals surface area contributed by atoms with Gasteiger partial charge < -0.3 is 0 Å². The molecule has 2 aromatic rings. The van der Waals surface area contributed by atoms with Crippen LogP contribution in [0.15, 0.2) is 48.5 Å². The fraction of sp³-hybridized carbons (Fsp3) is 0.250. The lowest BCUT2D eigenvalue weighted by Gasteiger charge is -2.24. The fourth-order valence-electron chi connectivity index (χ4n) is 2.12. The number of nitrogens with zero attached hydrogens (tertiary/aromatic N) is 1. The number of benzene rings is 2. The molecule has 4 heteroatoms. The number of hydrogen-bond acceptors (Lipinski definition) is 2. The van der Waals surface area contributed by atoms with Crippen LogP contribution < -0.4 is 4.31 Å². The molecule has 0 aliphatic carbocycles. The number of anilines is 1. The van der Waals surface area contributed by atoms with Crippen molar-refractivity contribution in [3.63, 3.8) is 0 Å². The van der Waals surface area contributed by atoms with E-state index in [1.165, 1.54) is 10.6 Å². The smallest absolute Gasteiger partial charge is 0.232 e. The minimum Gasteiger partial charge on any atom is -0.266 e. The van der Waals surface area contributed by atoms with Gasteiger partial charge in [0.05, 0.1) is 18.5 Å². The molecule has 0 saturated heterocycles. The second kappa shape index (κ2) is 5.67. The van der Waals surface area contributed by atoms with E-state index < -0.39 is 10.0 Å². The molecule has 0 heterocycles. The molecule has 0 bridgehead atoms. The summed E-state index contributed by atoms with van der Waals surface area (Å²) in [4.78, 5) is 0. The number of rotatable bonds is 4. The molecule has 0 spiro atoms. The Kier molecular flexibility index (Phi) is 4.14. The van der Waals surface area contributed by atoms with Crippen LogP contribution in [0.4, 0.5) is 5.69 Å². The second-order valence-electron chi connectivity index (χ2n) is 5.05. The van der Waals surface area contributed by atoms with Crippen molar-refractivity contribution < 1.29 is 8.42 Å². The van der Waals surface area contributed by atoms with E-state index in [9.17, 15) is 8.42 Å². The van der Waals surface area contributed by atoms with E-state index in [0.717, 1.165) is 22.4 Å². The molecular weight excluding hydrogens is 270 g/mol. The van der Waals surface area contributed by atoms with Crippen LogP contribution in [0.3, 0.4) is 0 Å². The van der Waals surface area contributed by atoms with Crippen LogP contribution in [0.2, 0.25) is 0 Å². The average molecular weight is 289 g/mol. The first-order valence-electron chi connectivity index (χ1n) is 6.47. The summed E-state index contributed by atoms with van der Waals surface area (Å²) in [5.41, 5.74) is 3.72. The zero-order valence-electron chi connectivity index (χ0n) is 12.0. The molecule has 0 fully saturated rings. The van der Waals surface area contributed by atoms with Crippen molar-refractivity contribution in [2.75, 3.05) is 10.6 Å². The third kappa shape index (κ3) is 3.39. The van der Waals surface area contributed by atoms with Crippen molar-refractivity contribution in [1.29, 1.82) is 0 Å². The molecule has 20 heavy (non-hydrogen) atoms. The van der Waals surface area contributed by atoms with E-state index in [1.54, 1.807) is 0 Å². The normalized spacial score (nSPS) is 11.3. The highest BCUT2D eigenvalue weighted by molar-refractivity contribution is 7.92. The summed E-state index contributed by atoms with van der Waals surface area (Å²) in [6, 6.07) is 15.5. The van der Waals surface area contributed by atoms with Gasteiger partial charge in [0.25, 0.3) is 0 Å². The number of sulfonamides is 1. The van der Waals surface area contributed by atoms with Crippen molar-refractivity contribution in [1.82, 2.24) is 0 Å². The van der Waals surface area contributed by atoms with Crippen LogP contribution in [0, 0.1) is 13.8 Å². The first-order valence-corrected chi connectivity index (χ1v) is 8.31. The van der Waals surface area contributed by atoms with Crippen molar-refractivity contribution in [3.05, 3.63) is 65.2 Å². The van der Waals surface area contributed by atoms with Gasteiger partial charge in [0.15, 0.2) is 0 Å². The summed E-state index contributed by atoms with van der Waals surface area (Å²) in [5.74, 6) is 0. The minimum absolute atomic E-state index is 0.351. The Labute approximate surface area is 120 Å². The predicted molar refractivity (Wildman–Crippen MR) is 83.4 cm³/mol. The van der Waals surface area contributed by atoms with Crippen LogP contribution in [0.25, 0.3) is 0 Å². The fourth-order valence-corrected chi connectivity index (χ4v) is 3.06. The van der Waals surface area contributed by atoms with Crippen LogP contribution in [0.5, 0.6) is 0 Å². The molecule has 0 aliphatic heterocycles. The molecule has 106 valence electrons. The van der Waals surface area contributed by atoms with Crippen LogP contribution in [-0.2, 0) is 16.6 Å². The molecule has 0 N–H and O–H groups in total. The predicted octanol–water partition coefficient (Wildman–Crippen LogP) is 3.27. The van der Waals surface area contributed by atoms with Gasteiger partial charge in [-0.2, -0.15) is 0 Å². The van der Waals surface area contributed by atoms with Gasteiger partial charge in [0.1, 0.15) is 0 Å². The van der Waals surface area contributed by atoms with Gasteiger partial charge in [-0.3, -0.25) is 4.31 Å².